The van der Waals surface area contributed by atoms with Crippen molar-refractivity contribution >= 4 is 33.3 Å². The van der Waals surface area contributed by atoms with Crippen molar-refractivity contribution in [2.45, 2.75) is 19.4 Å². The van der Waals surface area contributed by atoms with Gasteiger partial charge in [-0.3, -0.25) is 0 Å². The Kier molecular flexibility index (Phi) is 3.05. The number of fused-ring (bicyclic) bond motifs is 1. The van der Waals surface area contributed by atoms with E-state index in [2.05, 4.69) is 26.3 Å². The molecule has 1 unspecified atom stereocenters. The average Bonchev–Trinajstić information content (AvgIpc) is 2.97. The number of nitrogens with one attached hydrogen (secondary N) is 1. The van der Waals surface area contributed by atoms with E-state index in [1.807, 2.05) is 12.3 Å². The Morgan fingerprint density at radius 1 is 1.56 bits per heavy atom. The fourth-order valence-corrected chi connectivity index (χ4v) is 3.01. The second-order valence-corrected chi connectivity index (χ2v) is 5.32. The van der Waals surface area contributed by atoms with Crippen LogP contribution >= 0.6 is 11.3 Å². The molecule has 0 aromatic carbocycles. The molecule has 3 rings (SSSR count). The third-order valence-electron chi connectivity index (χ3n) is 3.10. The van der Waals surface area contributed by atoms with Gasteiger partial charge in [-0.2, -0.15) is 4.98 Å². The van der Waals surface area contributed by atoms with Crippen LogP contribution in [0.2, 0.25) is 0 Å². The number of aromatic nitrogens is 2. The van der Waals surface area contributed by atoms with E-state index < -0.39 is 0 Å². The number of anilines is 2. The smallest absolute Gasteiger partial charge is 0.226 e. The molecule has 2 aromatic heterocycles. The lowest BCUT2D eigenvalue weighted by Crippen LogP contribution is -2.23. The maximum Gasteiger partial charge on any atom is 0.226 e. The zero-order chi connectivity index (χ0) is 12.5. The van der Waals surface area contributed by atoms with Crippen LogP contribution in [-0.2, 0) is 0 Å². The highest BCUT2D eigenvalue weighted by Gasteiger charge is 2.24. The summed E-state index contributed by atoms with van der Waals surface area (Å²) in [6, 6.07) is 2.05. The fraction of sp³-hybridized carbons (Fsp3) is 0.500. The maximum absolute atomic E-state index is 9.66. The van der Waals surface area contributed by atoms with Crippen LogP contribution in [0.4, 0.5) is 11.8 Å². The van der Waals surface area contributed by atoms with E-state index in [4.69, 9.17) is 0 Å². The molecular formula is C12H16N4OS. The first-order valence-electron chi connectivity index (χ1n) is 6.20. The molecular weight excluding hydrogens is 248 g/mol. The number of rotatable bonds is 3. The van der Waals surface area contributed by atoms with Crippen molar-refractivity contribution < 1.29 is 5.11 Å². The molecule has 6 heteroatoms. The Labute approximate surface area is 109 Å². The summed E-state index contributed by atoms with van der Waals surface area (Å²) in [6.45, 7) is 4.35. The van der Waals surface area contributed by atoms with Gasteiger partial charge in [0, 0.05) is 19.6 Å². The molecule has 0 amide bonds. The number of aliphatic hydroxyl groups excluding tert-OH is 1. The van der Waals surface area contributed by atoms with Gasteiger partial charge in [0.25, 0.3) is 0 Å². The zero-order valence-electron chi connectivity index (χ0n) is 10.3. The number of hydrogen-bond donors (Lipinski definition) is 2. The maximum atomic E-state index is 9.66. The minimum absolute atomic E-state index is 0.240. The molecule has 0 spiro atoms. The van der Waals surface area contributed by atoms with Crippen LogP contribution in [-0.4, -0.2) is 40.8 Å². The van der Waals surface area contributed by atoms with Gasteiger partial charge in [0.1, 0.15) is 10.6 Å². The van der Waals surface area contributed by atoms with Gasteiger partial charge >= 0.3 is 0 Å². The van der Waals surface area contributed by atoms with Crippen LogP contribution < -0.4 is 10.2 Å². The first kappa shape index (κ1) is 11.7. The van der Waals surface area contributed by atoms with Gasteiger partial charge in [0.2, 0.25) is 5.95 Å². The van der Waals surface area contributed by atoms with E-state index in [1.165, 1.54) is 0 Å². The highest BCUT2D eigenvalue weighted by Crippen LogP contribution is 2.30. The SMILES string of the molecule is CCNc1nc(N2CCC(O)C2)c2ccsc2n1. The molecule has 96 valence electrons. The lowest BCUT2D eigenvalue weighted by Gasteiger charge is -2.18. The molecule has 5 nitrogen and oxygen atoms in total. The third kappa shape index (κ3) is 2.02. The Hall–Kier alpha value is -1.40. The van der Waals surface area contributed by atoms with E-state index in [0.717, 1.165) is 35.5 Å². The topological polar surface area (TPSA) is 61.3 Å². The molecule has 1 aliphatic heterocycles. The lowest BCUT2D eigenvalue weighted by atomic mass is 10.3. The molecule has 0 saturated carbocycles. The zero-order valence-corrected chi connectivity index (χ0v) is 11.1. The number of hydrogen-bond acceptors (Lipinski definition) is 6. The summed E-state index contributed by atoms with van der Waals surface area (Å²) < 4.78 is 0. The molecule has 3 heterocycles. The average molecular weight is 264 g/mol. The van der Waals surface area contributed by atoms with E-state index >= 15 is 0 Å². The standard InChI is InChI=1S/C12H16N4OS/c1-2-13-12-14-10(16-5-3-8(17)7-16)9-4-6-18-11(9)15-12/h4,6,8,17H,2-3,5,7H2,1H3,(H,13,14,15). The number of β-amino-alcohol motifs (C(OH)–C–C–N with tert-alkyl or cyclic N) is 1. The molecule has 1 saturated heterocycles. The van der Waals surface area contributed by atoms with Crippen LogP contribution in [0, 0.1) is 0 Å². The monoisotopic (exact) mass is 264 g/mol. The Morgan fingerprint density at radius 3 is 3.17 bits per heavy atom. The summed E-state index contributed by atoms with van der Waals surface area (Å²) >= 11 is 1.62. The lowest BCUT2D eigenvalue weighted by molar-refractivity contribution is 0.198. The number of aliphatic hydroxyl groups is 1. The molecule has 0 bridgehead atoms. The fourth-order valence-electron chi connectivity index (χ4n) is 2.25. The van der Waals surface area contributed by atoms with Gasteiger partial charge in [-0.15, -0.1) is 11.3 Å². The van der Waals surface area contributed by atoms with Gasteiger partial charge in [-0.25, -0.2) is 4.98 Å². The predicted molar refractivity (Wildman–Crippen MR) is 74.4 cm³/mol. The quantitative estimate of drug-likeness (QED) is 0.883. The van der Waals surface area contributed by atoms with Gasteiger partial charge in [-0.05, 0) is 24.8 Å². The molecule has 1 atom stereocenters. The molecule has 1 aliphatic rings. The molecule has 18 heavy (non-hydrogen) atoms. The Bertz CT molecular complexity index is 556. The van der Waals surface area contributed by atoms with Crippen molar-refractivity contribution in [1.29, 1.82) is 0 Å². The summed E-state index contributed by atoms with van der Waals surface area (Å²) in [5.74, 6) is 1.61. The van der Waals surface area contributed by atoms with E-state index in [9.17, 15) is 5.11 Å². The summed E-state index contributed by atoms with van der Waals surface area (Å²) in [5, 5.41) is 15.9. The molecule has 2 N–H and O–H groups in total. The first-order valence-corrected chi connectivity index (χ1v) is 7.08. The van der Waals surface area contributed by atoms with Crippen molar-refractivity contribution in [2.24, 2.45) is 0 Å². The van der Waals surface area contributed by atoms with Crippen LogP contribution in [0.25, 0.3) is 10.2 Å². The summed E-state index contributed by atoms with van der Waals surface area (Å²) in [4.78, 5) is 12.2. The largest absolute Gasteiger partial charge is 0.391 e. The second-order valence-electron chi connectivity index (χ2n) is 4.43. The normalized spacial score (nSPS) is 19.7. The minimum Gasteiger partial charge on any atom is -0.391 e. The Balaban J connectivity index is 2.05. The van der Waals surface area contributed by atoms with Gasteiger partial charge in [-0.1, -0.05) is 0 Å². The van der Waals surface area contributed by atoms with Gasteiger partial charge < -0.3 is 15.3 Å². The van der Waals surface area contributed by atoms with Gasteiger partial charge in [0.15, 0.2) is 0 Å². The van der Waals surface area contributed by atoms with Crippen molar-refractivity contribution in [2.75, 3.05) is 29.9 Å². The van der Waals surface area contributed by atoms with Crippen LogP contribution in [0.5, 0.6) is 0 Å². The molecule has 0 aliphatic carbocycles. The second kappa shape index (κ2) is 4.70. The van der Waals surface area contributed by atoms with Crippen molar-refractivity contribution in [1.82, 2.24) is 9.97 Å². The van der Waals surface area contributed by atoms with E-state index in [-0.39, 0.29) is 6.10 Å². The van der Waals surface area contributed by atoms with Crippen LogP contribution in [0.3, 0.4) is 0 Å². The minimum atomic E-state index is -0.240. The van der Waals surface area contributed by atoms with Crippen molar-refractivity contribution in [3.8, 4) is 0 Å². The van der Waals surface area contributed by atoms with E-state index in [0.29, 0.717) is 12.5 Å². The highest BCUT2D eigenvalue weighted by molar-refractivity contribution is 7.16. The predicted octanol–water partition coefficient (Wildman–Crippen LogP) is 1.69. The van der Waals surface area contributed by atoms with Crippen molar-refractivity contribution in [3.05, 3.63) is 11.4 Å². The first-order chi connectivity index (χ1) is 8.78. The Morgan fingerprint density at radius 2 is 2.44 bits per heavy atom. The van der Waals surface area contributed by atoms with Crippen LogP contribution in [0.1, 0.15) is 13.3 Å². The molecule has 2 aromatic rings. The van der Waals surface area contributed by atoms with Crippen molar-refractivity contribution in [3.63, 3.8) is 0 Å². The number of nitrogens with zero attached hydrogens (tertiary/aromatic N) is 3. The molecule has 0 radical (unpaired) electrons. The van der Waals surface area contributed by atoms with Crippen LogP contribution in [0.15, 0.2) is 11.4 Å². The van der Waals surface area contributed by atoms with E-state index in [1.54, 1.807) is 11.3 Å². The molecule has 1 fully saturated rings. The summed E-state index contributed by atoms with van der Waals surface area (Å²) in [6.07, 6.45) is 0.572. The summed E-state index contributed by atoms with van der Waals surface area (Å²) in [7, 11) is 0. The third-order valence-corrected chi connectivity index (χ3v) is 3.91. The summed E-state index contributed by atoms with van der Waals surface area (Å²) in [5.41, 5.74) is 0. The highest BCUT2D eigenvalue weighted by atomic mass is 32.1. The van der Waals surface area contributed by atoms with Gasteiger partial charge in [0.05, 0.1) is 11.5 Å². The number of thiophene rings is 1.